The number of carbonyl (C=O) groups is 2. The number of hydrogen-bond donors (Lipinski definition) is 3. The summed E-state index contributed by atoms with van der Waals surface area (Å²) in [6.45, 7) is -0.151. The molecule has 2 atom stereocenters. The highest BCUT2D eigenvalue weighted by Gasteiger charge is 2.24. The highest BCUT2D eigenvalue weighted by Crippen LogP contribution is 2.13. The number of nitrogens with one attached hydrogen (secondary N) is 2. The summed E-state index contributed by atoms with van der Waals surface area (Å²) in [5.41, 5.74) is 2.53. The zero-order valence-corrected chi connectivity index (χ0v) is 17.1. The standard InChI is InChI=1S/C25H26N2O4/c28-17-23(21-14-8-3-9-15-21)26-24(29)22(16-19-10-4-1-5-11-19)27-25(30)31-18-20-12-6-2-7-13-20/h1-15,22-23,28H,16-18H2,(H,26,29)(H,27,30)/t22-,23+/m0/s1. The summed E-state index contributed by atoms with van der Waals surface area (Å²) in [6, 6.07) is 26.5. The van der Waals surface area contributed by atoms with Gasteiger partial charge in [0, 0.05) is 6.42 Å². The molecule has 0 spiro atoms. The number of aliphatic hydroxyl groups excluding tert-OH is 1. The van der Waals surface area contributed by atoms with E-state index < -0.39 is 24.1 Å². The largest absolute Gasteiger partial charge is 0.445 e. The summed E-state index contributed by atoms with van der Waals surface area (Å²) in [4.78, 5) is 25.4. The van der Waals surface area contributed by atoms with E-state index in [1.165, 1.54) is 0 Å². The van der Waals surface area contributed by atoms with Gasteiger partial charge in [0.25, 0.3) is 0 Å². The Morgan fingerprint density at radius 1 is 0.774 bits per heavy atom. The molecular formula is C25H26N2O4. The third kappa shape index (κ3) is 6.97. The van der Waals surface area contributed by atoms with Crippen LogP contribution in [0.15, 0.2) is 91.0 Å². The van der Waals surface area contributed by atoms with E-state index in [0.717, 1.165) is 16.7 Å². The fourth-order valence-electron chi connectivity index (χ4n) is 3.16. The Labute approximate surface area is 181 Å². The Hall–Kier alpha value is -3.64. The number of benzene rings is 3. The molecule has 0 unspecified atom stereocenters. The minimum Gasteiger partial charge on any atom is -0.445 e. The molecule has 3 aromatic rings. The number of ether oxygens (including phenoxy) is 1. The second kappa shape index (κ2) is 11.5. The summed E-state index contributed by atoms with van der Waals surface area (Å²) in [7, 11) is 0. The van der Waals surface area contributed by atoms with Crippen molar-refractivity contribution in [3.8, 4) is 0 Å². The summed E-state index contributed by atoms with van der Waals surface area (Å²) in [6.07, 6.45) is -0.389. The first-order valence-corrected chi connectivity index (χ1v) is 10.1. The number of hydrogen-bond acceptors (Lipinski definition) is 4. The van der Waals surface area contributed by atoms with Crippen molar-refractivity contribution in [3.63, 3.8) is 0 Å². The monoisotopic (exact) mass is 418 g/mol. The molecule has 0 aromatic heterocycles. The number of alkyl carbamates (subject to hydrolysis) is 1. The molecule has 0 saturated carbocycles. The van der Waals surface area contributed by atoms with Crippen LogP contribution in [0.3, 0.4) is 0 Å². The Morgan fingerprint density at radius 3 is 1.90 bits per heavy atom. The van der Waals surface area contributed by atoms with Gasteiger partial charge in [-0.2, -0.15) is 0 Å². The van der Waals surface area contributed by atoms with Gasteiger partial charge in [0.15, 0.2) is 0 Å². The first-order valence-electron chi connectivity index (χ1n) is 10.1. The van der Waals surface area contributed by atoms with Crippen LogP contribution in [-0.4, -0.2) is 29.8 Å². The smallest absolute Gasteiger partial charge is 0.408 e. The molecule has 0 bridgehead atoms. The fraction of sp³-hybridized carbons (Fsp3) is 0.200. The van der Waals surface area contributed by atoms with Crippen molar-refractivity contribution in [1.82, 2.24) is 10.6 Å². The number of amides is 2. The maximum atomic E-state index is 13.0. The van der Waals surface area contributed by atoms with Crippen LogP contribution in [0.2, 0.25) is 0 Å². The molecule has 0 aliphatic heterocycles. The summed E-state index contributed by atoms with van der Waals surface area (Å²) < 4.78 is 5.28. The van der Waals surface area contributed by atoms with Gasteiger partial charge in [-0.1, -0.05) is 91.0 Å². The van der Waals surface area contributed by atoms with Gasteiger partial charge in [-0.05, 0) is 16.7 Å². The van der Waals surface area contributed by atoms with Crippen LogP contribution < -0.4 is 10.6 Å². The van der Waals surface area contributed by atoms with E-state index in [4.69, 9.17) is 4.74 Å². The van der Waals surface area contributed by atoms with Crippen LogP contribution in [0, 0.1) is 0 Å². The zero-order valence-electron chi connectivity index (χ0n) is 17.1. The molecule has 6 nitrogen and oxygen atoms in total. The predicted molar refractivity (Wildman–Crippen MR) is 118 cm³/mol. The Bertz CT molecular complexity index is 949. The molecule has 0 saturated heterocycles. The molecule has 160 valence electrons. The van der Waals surface area contributed by atoms with E-state index in [2.05, 4.69) is 10.6 Å². The van der Waals surface area contributed by atoms with E-state index in [1.807, 2.05) is 91.0 Å². The van der Waals surface area contributed by atoms with Gasteiger partial charge in [-0.25, -0.2) is 4.79 Å². The molecule has 0 aliphatic carbocycles. The van der Waals surface area contributed by atoms with E-state index in [0.29, 0.717) is 6.42 Å². The topological polar surface area (TPSA) is 87.7 Å². The van der Waals surface area contributed by atoms with E-state index in [1.54, 1.807) is 0 Å². The predicted octanol–water partition coefficient (Wildman–Crippen LogP) is 3.37. The fourth-order valence-corrected chi connectivity index (χ4v) is 3.16. The molecule has 0 fully saturated rings. The van der Waals surface area contributed by atoms with E-state index in [-0.39, 0.29) is 13.2 Å². The first kappa shape index (κ1) is 22.1. The van der Waals surface area contributed by atoms with Gasteiger partial charge in [0.2, 0.25) is 5.91 Å². The summed E-state index contributed by atoms with van der Waals surface area (Å²) >= 11 is 0. The third-order valence-corrected chi connectivity index (χ3v) is 4.80. The van der Waals surface area contributed by atoms with Gasteiger partial charge in [-0.3, -0.25) is 4.79 Å². The lowest BCUT2D eigenvalue weighted by molar-refractivity contribution is -0.124. The second-order valence-corrected chi connectivity index (χ2v) is 7.10. The normalized spacial score (nSPS) is 12.4. The van der Waals surface area contributed by atoms with Gasteiger partial charge in [0.05, 0.1) is 12.6 Å². The summed E-state index contributed by atoms with van der Waals surface area (Å²) in [5, 5.41) is 15.3. The minimum atomic E-state index is -0.858. The van der Waals surface area contributed by atoms with Crippen LogP contribution >= 0.6 is 0 Å². The Kier molecular flexibility index (Phi) is 8.20. The van der Waals surface area contributed by atoms with Crippen molar-refractivity contribution in [3.05, 3.63) is 108 Å². The number of rotatable bonds is 9. The molecular weight excluding hydrogens is 392 g/mol. The number of aliphatic hydroxyl groups is 1. The van der Waals surface area contributed by atoms with E-state index in [9.17, 15) is 14.7 Å². The Morgan fingerprint density at radius 2 is 1.32 bits per heavy atom. The molecule has 3 rings (SSSR count). The molecule has 0 aliphatic rings. The average molecular weight is 418 g/mol. The van der Waals surface area contributed by atoms with Crippen molar-refractivity contribution in [2.45, 2.75) is 25.1 Å². The van der Waals surface area contributed by atoms with Gasteiger partial charge in [-0.15, -0.1) is 0 Å². The van der Waals surface area contributed by atoms with Crippen LogP contribution in [-0.2, 0) is 22.6 Å². The van der Waals surface area contributed by atoms with Crippen molar-refractivity contribution in [1.29, 1.82) is 0 Å². The van der Waals surface area contributed by atoms with Gasteiger partial charge in [0.1, 0.15) is 12.6 Å². The Balaban J connectivity index is 1.67. The highest BCUT2D eigenvalue weighted by atomic mass is 16.5. The molecule has 6 heteroatoms. The molecule has 2 amide bonds. The molecule has 0 heterocycles. The lowest BCUT2D eigenvalue weighted by Crippen LogP contribution is -2.49. The third-order valence-electron chi connectivity index (χ3n) is 4.80. The first-order chi connectivity index (χ1) is 15.2. The van der Waals surface area contributed by atoms with Gasteiger partial charge >= 0.3 is 6.09 Å². The molecule has 3 N–H and O–H groups in total. The van der Waals surface area contributed by atoms with Crippen molar-refractivity contribution in [2.75, 3.05) is 6.61 Å². The highest BCUT2D eigenvalue weighted by molar-refractivity contribution is 5.86. The molecule has 3 aromatic carbocycles. The van der Waals surface area contributed by atoms with Crippen LogP contribution in [0.25, 0.3) is 0 Å². The van der Waals surface area contributed by atoms with Gasteiger partial charge < -0.3 is 20.5 Å². The quantitative estimate of drug-likeness (QED) is 0.497. The lowest BCUT2D eigenvalue weighted by atomic mass is 10.0. The molecule has 31 heavy (non-hydrogen) atoms. The average Bonchev–Trinajstić information content (AvgIpc) is 2.82. The van der Waals surface area contributed by atoms with Crippen LogP contribution in [0.5, 0.6) is 0 Å². The van der Waals surface area contributed by atoms with Crippen molar-refractivity contribution >= 4 is 12.0 Å². The van der Waals surface area contributed by atoms with Crippen LogP contribution in [0.1, 0.15) is 22.7 Å². The summed E-state index contributed by atoms with van der Waals surface area (Å²) in [5.74, 6) is -0.400. The molecule has 0 radical (unpaired) electrons. The second-order valence-electron chi connectivity index (χ2n) is 7.10. The van der Waals surface area contributed by atoms with Crippen LogP contribution in [0.4, 0.5) is 4.79 Å². The number of carbonyl (C=O) groups excluding carboxylic acids is 2. The SMILES string of the molecule is O=C(N[C@@H](Cc1ccccc1)C(=O)N[C@H](CO)c1ccccc1)OCc1ccccc1. The van der Waals surface area contributed by atoms with Crippen molar-refractivity contribution < 1.29 is 19.4 Å². The van der Waals surface area contributed by atoms with E-state index >= 15 is 0 Å². The minimum absolute atomic E-state index is 0.107. The van der Waals surface area contributed by atoms with Crippen molar-refractivity contribution in [2.24, 2.45) is 0 Å². The maximum Gasteiger partial charge on any atom is 0.408 e. The lowest BCUT2D eigenvalue weighted by Gasteiger charge is -2.22. The zero-order chi connectivity index (χ0) is 21.9. The maximum absolute atomic E-state index is 13.0.